The van der Waals surface area contributed by atoms with Crippen molar-refractivity contribution in [1.29, 1.82) is 0 Å². The molecule has 4 heteroatoms. The topological polar surface area (TPSA) is 38.3 Å². The minimum Gasteiger partial charge on any atom is -0.489 e. The van der Waals surface area contributed by atoms with E-state index >= 15 is 0 Å². The van der Waals surface area contributed by atoms with E-state index in [4.69, 9.17) is 4.74 Å². The van der Waals surface area contributed by atoms with Gasteiger partial charge in [0.05, 0.1) is 4.88 Å². The first-order valence-electron chi connectivity index (χ1n) is 7.18. The van der Waals surface area contributed by atoms with Crippen molar-refractivity contribution in [3.05, 3.63) is 51.7 Å². The molecule has 0 spiro atoms. The van der Waals surface area contributed by atoms with E-state index in [0.29, 0.717) is 19.1 Å². The van der Waals surface area contributed by atoms with Crippen molar-refractivity contribution in [2.45, 2.75) is 33.3 Å². The summed E-state index contributed by atoms with van der Waals surface area (Å²) in [6, 6.07) is 10.1. The Labute approximate surface area is 130 Å². The van der Waals surface area contributed by atoms with E-state index in [2.05, 4.69) is 31.3 Å². The molecule has 1 N–H and O–H groups in total. The SMILES string of the molecule is CCNC(=O)c1cc(COc2ccc(C(C)C)cc2)cs1. The van der Waals surface area contributed by atoms with Crippen LogP contribution in [-0.4, -0.2) is 12.5 Å². The normalized spacial score (nSPS) is 10.7. The van der Waals surface area contributed by atoms with Gasteiger partial charge in [-0.15, -0.1) is 11.3 Å². The van der Waals surface area contributed by atoms with Gasteiger partial charge in [-0.2, -0.15) is 0 Å². The third kappa shape index (κ3) is 4.33. The van der Waals surface area contributed by atoms with Crippen molar-refractivity contribution in [2.24, 2.45) is 0 Å². The van der Waals surface area contributed by atoms with Crippen LogP contribution in [0.1, 0.15) is 47.5 Å². The van der Waals surface area contributed by atoms with E-state index in [9.17, 15) is 4.79 Å². The maximum Gasteiger partial charge on any atom is 0.261 e. The molecule has 0 aliphatic carbocycles. The summed E-state index contributed by atoms with van der Waals surface area (Å²) in [5, 5.41) is 4.76. The lowest BCUT2D eigenvalue weighted by atomic mass is 10.0. The van der Waals surface area contributed by atoms with Gasteiger partial charge in [0, 0.05) is 12.1 Å². The lowest BCUT2D eigenvalue weighted by molar-refractivity contribution is 0.0960. The summed E-state index contributed by atoms with van der Waals surface area (Å²) < 4.78 is 5.75. The summed E-state index contributed by atoms with van der Waals surface area (Å²) in [5.74, 6) is 1.36. The first kappa shape index (κ1) is 15.6. The molecule has 0 aliphatic heterocycles. The van der Waals surface area contributed by atoms with Crippen molar-refractivity contribution in [2.75, 3.05) is 6.54 Å². The van der Waals surface area contributed by atoms with Gasteiger partial charge in [0.25, 0.3) is 5.91 Å². The number of hydrogen-bond acceptors (Lipinski definition) is 3. The molecule has 3 nitrogen and oxygen atoms in total. The van der Waals surface area contributed by atoms with Gasteiger partial charge in [-0.1, -0.05) is 26.0 Å². The molecule has 0 aliphatic rings. The van der Waals surface area contributed by atoms with Gasteiger partial charge < -0.3 is 10.1 Å². The number of carbonyl (C=O) groups excluding carboxylic acids is 1. The Balaban J connectivity index is 1.92. The van der Waals surface area contributed by atoms with Crippen LogP contribution in [0.25, 0.3) is 0 Å². The van der Waals surface area contributed by atoms with Crippen LogP contribution in [0.5, 0.6) is 5.75 Å². The van der Waals surface area contributed by atoms with E-state index in [1.807, 2.05) is 30.5 Å². The summed E-state index contributed by atoms with van der Waals surface area (Å²) in [4.78, 5) is 12.4. The summed E-state index contributed by atoms with van der Waals surface area (Å²) in [5.41, 5.74) is 2.32. The average molecular weight is 303 g/mol. The van der Waals surface area contributed by atoms with Crippen LogP contribution < -0.4 is 10.1 Å². The maximum absolute atomic E-state index is 11.7. The van der Waals surface area contributed by atoms with Crippen molar-refractivity contribution in [3.63, 3.8) is 0 Å². The summed E-state index contributed by atoms with van der Waals surface area (Å²) >= 11 is 1.45. The fourth-order valence-electron chi connectivity index (χ4n) is 1.93. The highest BCUT2D eigenvalue weighted by Crippen LogP contribution is 2.21. The molecule has 1 heterocycles. The molecule has 1 aromatic carbocycles. The van der Waals surface area contributed by atoms with Gasteiger partial charge in [-0.05, 0) is 42.0 Å². The van der Waals surface area contributed by atoms with Gasteiger partial charge in [-0.3, -0.25) is 4.79 Å². The largest absolute Gasteiger partial charge is 0.489 e. The molecule has 112 valence electrons. The number of amides is 1. The monoisotopic (exact) mass is 303 g/mol. The number of ether oxygens (including phenoxy) is 1. The van der Waals surface area contributed by atoms with Crippen molar-refractivity contribution >= 4 is 17.2 Å². The number of rotatable bonds is 6. The standard InChI is InChI=1S/C17H21NO2S/c1-4-18-17(19)16-9-13(11-21-16)10-20-15-7-5-14(6-8-15)12(2)3/h5-9,11-12H,4,10H2,1-3H3,(H,18,19). The molecule has 0 saturated carbocycles. The summed E-state index contributed by atoms with van der Waals surface area (Å²) in [6.45, 7) is 7.38. The lowest BCUT2D eigenvalue weighted by Crippen LogP contribution is -2.21. The minimum atomic E-state index is -0.0185. The minimum absolute atomic E-state index is 0.0185. The third-order valence-corrected chi connectivity index (χ3v) is 4.14. The van der Waals surface area contributed by atoms with Gasteiger partial charge in [0.2, 0.25) is 0 Å². The van der Waals surface area contributed by atoms with Gasteiger partial charge in [0.15, 0.2) is 0 Å². The molecule has 2 aromatic rings. The number of hydrogen-bond donors (Lipinski definition) is 1. The van der Waals surface area contributed by atoms with Crippen LogP contribution in [-0.2, 0) is 6.61 Å². The van der Waals surface area contributed by atoms with Crippen LogP contribution in [0.4, 0.5) is 0 Å². The van der Waals surface area contributed by atoms with E-state index in [-0.39, 0.29) is 5.91 Å². The second kappa shape index (κ2) is 7.27. The molecule has 1 amide bonds. The van der Waals surface area contributed by atoms with Crippen LogP contribution in [0.15, 0.2) is 35.7 Å². The fourth-order valence-corrected chi connectivity index (χ4v) is 2.75. The number of thiophene rings is 1. The van der Waals surface area contributed by atoms with Crippen LogP contribution in [0.2, 0.25) is 0 Å². The first-order valence-corrected chi connectivity index (χ1v) is 8.06. The van der Waals surface area contributed by atoms with E-state index in [0.717, 1.165) is 16.2 Å². The number of carbonyl (C=O) groups is 1. The molecule has 0 fully saturated rings. The van der Waals surface area contributed by atoms with Gasteiger partial charge in [0.1, 0.15) is 12.4 Å². The van der Waals surface area contributed by atoms with Gasteiger partial charge in [-0.25, -0.2) is 0 Å². The highest BCUT2D eigenvalue weighted by atomic mass is 32.1. The molecule has 0 bridgehead atoms. The van der Waals surface area contributed by atoms with Crippen molar-refractivity contribution in [3.8, 4) is 5.75 Å². The molecule has 0 unspecified atom stereocenters. The smallest absolute Gasteiger partial charge is 0.261 e. The van der Waals surface area contributed by atoms with Crippen LogP contribution in [0, 0.1) is 0 Å². The second-order valence-corrected chi connectivity index (χ2v) is 6.10. The molecular formula is C17H21NO2S. The Morgan fingerprint density at radius 1 is 1.29 bits per heavy atom. The number of benzene rings is 1. The van der Waals surface area contributed by atoms with E-state index in [1.54, 1.807) is 0 Å². The van der Waals surface area contributed by atoms with Crippen LogP contribution in [0.3, 0.4) is 0 Å². The van der Waals surface area contributed by atoms with E-state index in [1.165, 1.54) is 16.9 Å². The van der Waals surface area contributed by atoms with E-state index < -0.39 is 0 Å². The highest BCUT2D eigenvalue weighted by molar-refractivity contribution is 7.12. The summed E-state index contributed by atoms with van der Waals surface area (Å²) in [6.07, 6.45) is 0. The zero-order valence-corrected chi connectivity index (χ0v) is 13.5. The number of nitrogens with one attached hydrogen (secondary N) is 1. The third-order valence-electron chi connectivity index (χ3n) is 3.17. The van der Waals surface area contributed by atoms with Gasteiger partial charge >= 0.3 is 0 Å². The Morgan fingerprint density at radius 3 is 2.62 bits per heavy atom. The maximum atomic E-state index is 11.7. The first-order chi connectivity index (χ1) is 10.1. The molecular weight excluding hydrogens is 282 g/mol. The predicted octanol–water partition coefficient (Wildman–Crippen LogP) is 4.20. The highest BCUT2D eigenvalue weighted by Gasteiger charge is 2.08. The summed E-state index contributed by atoms with van der Waals surface area (Å²) in [7, 11) is 0. The average Bonchev–Trinajstić information content (AvgIpc) is 2.95. The molecule has 0 saturated heterocycles. The Hall–Kier alpha value is -1.81. The van der Waals surface area contributed by atoms with Crippen molar-refractivity contribution in [1.82, 2.24) is 5.32 Å². The lowest BCUT2D eigenvalue weighted by Gasteiger charge is -2.08. The molecule has 1 aromatic heterocycles. The molecule has 0 atom stereocenters. The Bertz CT molecular complexity index is 587. The molecule has 21 heavy (non-hydrogen) atoms. The Kier molecular flexibility index (Phi) is 5.39. The zero-order chi connectivity index (χ0) is 15.2. The molecule has 0 radical (unpaired) electrons. The molecule has 2 rings (SSSR count). The predicted molar refractivity (Wildman–Crippen MR) is 87.2 cm³/mol. The second-order valence-electron chi connectivity index (χ2n) is 5.19. The van der Waals surface area contributed by atoms with Crippen LogP contribution >= 0.6 is 11.3 Å². The fraction of sp³-hybridized carbons (Fsp3) is 0.353. The quantitative estimate of drug-likeness (QED) is 0.868. The Morgan fingerprint density at radius 2 is 2.00 bits per heavy atom. The van der Waals surface area contributed by atoms with Crippen molar-refractivity contribution < 1.29 is 9.53 Å². The zero-order valence-electron chi connectivity index (χ0n) is 12.7.